The first-order valence-corrected chi connectivity index (χ1v) is 7.30. The van der Waals surface area contributed by atoms with Crippen LogP contribution >= 0.6 is 0 Å². The number of hydrogen-bond acceptors (Lipinski definition) is 3. The van der Waals surface area contributed by atoms with Crippen LogP contribution in [0.5, 0.6) is 0 Å². The van der Waals surface area contributed by atoms with Gasteiger partial charge in [-0.3, -0.25) is 0 Å². The fourth-order valence-electron chi connectivity index (χ4n) is 3.13. The highest BCUT2D eigenvalue weighted by Gasteiger charge is 2.24. The largest absolute Gasteiger partial charge is 0.330 e. The predicted molar refractivity (Wildman–Crippen MR) is 73.2 cm³/mol. The molecule has 1 fully saturated rings. The molecule has 1 aliphatic rings. The highest BCUT2D eigenvalue weighted by Crippen LogP contribution is 2.30. The van der Waals surface area contributed by atoms with Crippen LogP contribution in [0.25, 0.3) is 0 Å². The summed E-state index contributed by atoms with van der Waals surface area (Å²) in [7, 11) is 0. The second-order valence-electron chi connectivity index (χ2n) is 5.81. The van der Waals surface area contributed by atoms with Crippen LogP contribution in [0, 0.1) is 11.8 Å². The van der Waals surface area contributed by atoms with E-state index in [9.17, 15) is 0 Å². The minimum absolute atomic E-state index is 0.393. The molecule has 4 heteroatoms. The lowest BCUT2D eigenvalue weighted by atomic mass is 9.85. The van der Waals surface area contributed by atoms with Gasteiger partial charge in [-0.1, -0.05) is 19.3 Å². The Labute approximate surface area is 110 Å². The number of rotatable bonds is 4. The van der Waals surface area contributed by atoms with Crippen molar-refractivity contribution in [1.82, 2.24) is 14.8 Å². The van der Waals surface area contributed by atoms with Crippen LogP contribution in [-0.4, -0.2) is 21.3 Å². The maximum atomic E-state index is 5.95. The maximum Gasteiger partial charge on any atom is 0.138 e. The molecule has 1 aliphatic carbocycles. The van der Waals surface area contributed by atoms with Crippen molar-refractivity contribution in [3.8, 4) is 0 Å². The highest BCUT2D eigenvalue weighted by molar-refractivity contribution is 4.91. The van der Waals surface area contributed by atoms with Gasteiger partial charge in [0.05, 0.1) is 0 Å². The van der Waals surface area contributed by atoms with Crippen LogP contribution < -0.4 is 5.73 Å². The van der Waals surface area contributed by atoms with Gasteiger partial charge in [0.2, 0.25) is 0 Å². The summed E-state index contributed by atoms with van der Waals surface area (Å²) in [6.07, 6.45) is 9.36. The van der Waals surface area contributed by atoms with Crippen molar-refractivity contribution in [1.29, 1.82) is 0 Å². The molecule has 2 unspecified atom stereocenters. The molecule has 1 aromatic heterocycles. The lowest BCUT2D eigenvalue weighted by molar-refractivity contribution is 0.306. The van der Waals surface area contributed by atoms with Crippen LogP contribution in [0.15, 0.2) is 6.33 Å². The van der Waals surface area contributed by atoms with Crippen molar-refractivity contribution in [2.45, 2.75) is 58.4 Å². The van der Waals surface area contributed by atoms with E-state index in [-0.39, 0.29) is 0 Å². The van der Waals surface area contributed by atoms with Gasteiger partial charge in [-0.15, -0.1) is 0 Å². The molecule has 1 heterocycles. The van der Waals surface area contributed by atoms with E-state index in [2.05, 4.69) is 28.6 Å². The van der Waals surface area contributed by atoms with Crippen molar-refractivity contribution in [3.05, 3.63) is 12.2 Å². The van der Waals surface area contributed by atoms with Gasteiger partial charge in [0, 0.05) is 12.5 Å². The summed E-state index contributed by atoms with van der Waals surface area (Å²) in [6.45, 7) is 5.14. The summed E-state index contributed by atoms with van der Waals surface area (Å²) in [4.78, 5) is 4.44. The fourth-order valence-corrected chi connectivity index (χ4v) is 3.13. The molecule has 2 N–H and O–H groups in total. The number of aromatic nitrogens is 3. The third-order valence-corrected chi connectivity index (χ3v) is 4.20. The Bertz CT molecular complexity index is 358. The standard InChI is InChI=1S/C14H26N4/c1-11(2)18-14(16-10-17-18)8-12-6-4-3-5-7-13(12)9-15/h10-13H,3-9,15H2,1-2H3. The van der Waals surface area contributed by atoms with Crippen molar-refractivity contribution < 1.29 is 0 Å². The molecule has 0 saturated heterocycles. The summed E-state index contributed by atoms with van der Waals surface area (Å²) in [5.74, 6) is 2.50. The monoisotopic (exact) mass is 250 g/mol. The fraction of sp³-hybridized carbons (Fsp3) is 0.857. The van der Waals surface area contributed by atoms with Gasteiger partial charge < -0.3 is 5.73 Å². The van der Waals surface area contributed by atoms with Crippen LogP contribution in [-0.2, 0) is 6.42 Å². The molecule has 0 radical (unpaired) electrons. The van der Waals surface area contributed by atoms with Crippen LogP contribution in [0.1, 0.15) is 57.8 Å². The third kappa shape index (κ3) is 3.10. The van der Waals surface area contributed by atoms with Crippen molar-refractivity contribution in [3.63, 3.8) is 0 Å². The second-order valence-corrected chi connectivity index (χ2v) is 5.81. The molecule has 18 heavy (non-hydrogen) atoms. The average Bonchev–Trinajstić information content (AvgIpc) is 2.69. The van der Waals surface area contributed by atoms with E-state index in [4.69, 9.17) is 5.73 Å². The first-order chi connectivity index (χ1) is 8.72. The molecule has 1 aromatic rings. The molecule has 0 spiro atoms. The molecule has 1 saturated carbocycles. The summed E-state index contributed by atoms with van der Waals surface area (Å²) in [5.41, 5.74) is 5.95. The Morgan fingerprint density at radius 3 is 2.67 bits per heavy atom. The van der Waals surface area contributed by atoms with E-state index in [1.807, 2.05) is 0 Å². The zero-order chi connectivity index (χ0) is 13.0. The van der Waals surface area contributed by atoms with E-state index in [0.29, 0.717) is 17.9 Å². The molecule has 0 aliphatic heterocycles. The molecule has 0 aromatic carbocycles. The second kappa shape index (κ2) is 6.32. The van der Waals surface area contributed by atoms with Gasteiger partial charge >= 0.3 is 0 Å². The summed E-state index contributed by atoms with van der Waals surface area (Å²) in [5, 5.41) is 4.33. The van der Waals surface area contributed by atoms with Crippen LogP contribution in [0.4, 0.5) is 0 Å². The SMILES string of the molecule is CC(C)n1ncnc1CC1CCCCCC1CN. The first kappa shape index (κ1) is 13.5. The predicted octanol–water partition coefficient (Wildman–Crippen LogP) is 2.56. The topological polar surface area (TPSA) is 56.7 Å². The van der Waals surface area contributed by atoms with Crippen LogP contribution in [0.3, 0.4) is 0 Å². The molecule has 0 bridgehead atoms. The van der Waals surface area contributed by atoms with Gasteiger partial charge in [0.25, 0.3) is 0 Å². The average molecular weight is 250 g/mol. The lowest BCUT2D eigenvalue weighted by Crippen LogP contribution is -2.25. The minimum Gasteiger partial charge on any atom is -0.330 e. The summed E-state index contributed by atoms with van der Waals surface area (Å²) in [6, 6.07) is 0.393. The van der Waals surface area contributed by atoms with Gasteiger partial charge in [-0.05, 0) is 45.1 Å². The number of nitrogens with zero attached hydrogens (tertiary/aromatic N) is 3. The Kier molecular flexibility index (Phi) is 4.75. The van der Waals surface area contributed by atoms with Gasteiger partial charge in [0.15, 0.2) is 0 Å². The van der Waals surface area contributed by atoms with E-state index in [0.717, 1.165) is 18.8 Å². The zero-order valence-corrected chi connectivity index (χ0v) is 11.7. The maximum absolute atomic E-state index is 5.95. The third-order valence-electron chi connectivity index (χ3n) is 4.20. The van der Waals surface area contributed by atoms with E-state index in [1.54, 1.807) is 6.33 Å². The number of hydrogen-bond donors (Lipinski definition) is 1. The highest BCUT2D eigenvalue weighted by atomic mass is 15.3. The molecule has 4 nitrogen and oxygen atoms in total. The molecule has 2 atom stereocenters. The van der Waals surface area contributed by atoms with Crippen molar-refractivity contribution in [2.24, 2.45) is 17.6 Å². The molecule has 102 valence electrons. The van der Waals surface area contributed by atoms with Gasteiger partial charge in [-0.2, -0.15) is 5.10 Å². The summed E-state index contributed by atoms with van der Waals surface area (Å²) < 4.78 is 2.05. The normalized spacial score (nSPS) is 25.3. The Balaban J connectivity index is 2.07. The van der Waals surface area contributed by atoms with Gasteiger partial charge in [-0.25, -0.2) is 9.67 Å². The van der Waals surface area contributed by atoms with Crippen LogP contribution in [0.2, 0.25) is 0 Å². The Hall–Kier alpha value is -0.900. The molecule has 0 amide bonds. The molecule has 2 rings (SSSR count). The van der Waals surface area contributed by atoms with Crippen molar-refractivity contribution >= 4 is 0 Å². The zero-order valence-electron chi connectivity index (χ0n) is 11.7. The Morgan fingerprint density at radius 1 is 1.28 bits per heavy atom. The smallest absolute Gasteiger partial charge is 0.138 e. The molecular formula is C14H26N4. The summed E-state index contributed by atoms with van der Waals surface area (Å²) >= 11 is 0. The lowest BCUT2D eigenvalue weighted by Gasteiger charge is -2.23. The first-order valence-electron chi connectivity index (χ1n) is 7.30. The molecular weight excluding hydrogens is 224 g/mol. The van der Waals surface area contributed by atoms with Gasteiger partial charge in [0.1, 0.15) is 12.2 Å². The number of nitrogens with two attached hydrogens (primary N) is 1. The van der Waals surface area contributed by atoms with Crippen molar-refractivity contribution in [2.75, 3.05) is 6.54 Å². The Morgan fingerprint density at radius 2 is 2.00 bits per heavy atom. The van der Waals surface area contributed by atoms with E-state index < -0.39 is 0 Å². The van der Waals surface area contributed by atoms with E-state index >= 15 is 0 Å². The minimum atomic E-state index is 0.393. The quantitative estimate of drug-likeness (QED) is 0.836. The van der Waals surface area contributed by atoms with E-state index in [1.165, 1.54) is 32.1 Å².